The molecule has 2 atom stereocenters. The third-order valence-corrected chi connectivity index (χ3v) is 3.99. The number of amides is 1. The minimum Gasteiger partial charge on any atom is -0.341 e. The topological polar surface area (TPSA) is 59.2 Å². The first-order chi connectivity index (χ1) is 10.1. The minimum absolute atomic E-state index is 0.0536. The fourth-order valence-corrected chi connectivity index (χ4v) is 2.82. The normalized spacial score (nSPS) is 20.0. The summed E-state index contributed by atoms with van der Waals surface area (Å²) < 4.78 is 5.01. The second-order valence-electron chi connectivity index (χ2n) is 5.68. The van der Waals surface area contributed by atoms with Gasteiger partial charge >= 0.3 is 0 Å². The van der Waals surface area contributed by atoms with Crippen LogP contribution in [0.25, 0.3) is 0 Å². The number of aryl methyl sites for hydroxylation is 1. The summed E-state index contributed by atoms with van der Waals surface area (Å²) in [6, 6.07) is 10.3. The van der Waals surface area contributed by atoms with Crippen LogP contribution in [0.2, 0.25) is 0 Å². The maximum Gasteiger partial charge on any atom is 0.223 e. The molecule has 1 aliphatic rings. The van der Waals surface area contributed by atoms with Crippen molar-refractivity contribution in [3.05, 3.63) is 47.6 Å². The Kier molecular flexibility index (Phi) is 3.73. The lowest BCUT2D eigenvalue weighted by atomic mass is 10.0. The predicted molar refractivity (Wildman–Crippen MR) is 77.8 cm³/mol. The molecule has 2 heterocycles. The van der Waals surface area contributed by atoms with Crippen molar-refractivity contribution in [2.24, 2.45) is 0 Å². The van der Waals surface area contributed by atoms with Gasteiger partial charge in [-0.15, -0.1) is 0 Å². The summed E-state index contributed by atoms with van der Waals surface area (Å²) in [5.41, 5.74) is 1.25. The van der Waals surface area contributed by atoms with Crippen LogP contribution in [0.1, 0.15) is 42.5 Å². The van der Waals surface area contributed by atoms with Gasteiger partial charge in [-0.2, -0.15) is 4.98 Å². The molecule has 1 aromatic heterocycles. The van der Waals surface area contributed by atoms with Crippen LogP contribution < -0.4 is 0 Å². The molecular formula is C16H19N3O2. The van der Waals surface area contributed by atoms with Gasteiger partial charge in [-0.1, -0.05) is 42.4 Å². The molecule has 1 aliphatic heterocycles. The number of hydrogen-bond acceptors (Lipinski definition) is 4. The summed E-state index contributed by atoms with van der Waals surface area (Å²) >= 11 is 0. The van der Waals surface area contributed by atoms with E-state index < -0.39 is 0 Å². The van der Waals surface area contributed by atoms with Gasteiger partial charge in [0.05, 0.1) is 0 Å². The fraction of sp³-hybridized carbons (Fsp3) is 0.438. The van der Waals surface area contributed by atoms with Gasteiger partial charge < -0.3 is 9.42 Å². The smallest absolute Gasteiger partial charge is 0.223 e. The Morgan fingerprint density at radius 3 is 2.81 bits per heavy atom. The lowest BCUT2D eigenvalue weighted by molar-refractivity contribution is -0.127. The predicted octanol–water partition coefficient (Wildman–Crippen LogP) is 2.50. The second-order valence-corrected chi connectivity index (χ2v) is 5.68. The zero-order chi connectivity index (χ0) is 14.8. The van der Waals surface area contributed by atoms with E-state index in [2.05, 4.69) is 29.2 Å². The molecule has 0 aliphatic carbocycles. The van der Waals surface area contributed by atoms with E-state index in [1.807, 2.05) is 23.1 Å². The summed E-state index contributed by atoms with van der Waals surface area (Å²) in [6.07, 6.45) is 0.473. The quantitative estimate of drug-likeness (QED) is 0.866. The second kappa shape index (κ2) is 5.68. The molecule has 21 heavy (non-hydrogen) atoms. The molecule has 0 N–H and O–H groups in total. The van der Waals surface area contributed by atoms with E-state index in [-0.39, 0.29) is 11.8 Å². The first kappa shape index (κ1) is 13.8. The van der Waals surface area contributed by atoms with E-state index in [0.717, 1.165) is 6.54 Å². The number of benzene rings is 1. The molecule has 2 unspecified atom stereocenters. The average Bonchev–Trinajstić information content (AvgIpc) is 3.07. The van der Waals surface area contributed by atoms with Crippen molar-refractivity contribution in [2.45, 2.75) is 32.1 Å². The first-order valence-electron chi connectivity index (χ1n) is 7.26. The van der Waals surface area contributed by atoms with Crippen LogP contribution in [-0.4, -0.2) is 34.0 Å². The van der Waals surface area contributed by atoms with Gasteiger partial charge in [-0.3, -0.25) is 4.79 Å². The van der Waals surface area contributed by atoms with E-state index >= 15 is 0 Å². The van der Waals surface area contributed by atoms with Gasteiger partial charge in [0.15, 0.2) is 5.82 Å². The van der Waals surface area contributed by atoms with Crippen LogP contribution in [0.5, 0.6) is 0 Å². The summed E-state index contributed by atoms with van der Waals surface area (Å²) in [5, 5.41) is 3.94. The van der Waals surface area contributed by atoms with E-state index in [1.165, 1.54) is 5.56 Å². The molecule has 110 valence electrons. The van der Waals surface area contributed by atoms with Crippen molar-refractivity contribution < 1.29 is 9.32 Å². The largest absolute Gasteiger partial charge is 0.341 e. The van der Waals surface area contributed by atoms with Gasteiger partial charge in [-0.25, -0.2) is 0 Å². The number of hydrogen-bond donors (Lipinski definition) is 0. The number of rotatable bonds is 4. The number of aromatic nitrogens is 2. The molecule has 0 saturated carbocycles. The lowest BCUT2D eigenvalue weighted by Crippen LogP contribution is -2.29. The Balaban J connectivity index is 1.66. The maximum absolute atomic E-state index is 12.2. The average molecular weight is 285 g/mol. The Morgan fingerprint density at radius 2 is 2.14 bits per heavy atom. The monoisotopic (exact) mass is 285 g/mol. The molecule has 1 fully saturated rings. The van der Waals surface area contributed by atoms with Crippen molar-refractivity contribution in [3.63, 3.8) is 0 Å². The number of likely N-dealkylation sites (tertiary alicyclic amines) is 1. The van der Waals surface area contributed by atoms with Crippen LogP contribution >= 0.6 is 0 Å². The molecule has 1 aromatic carbocycles. The van der Waals surface area contributed by atoms with E-state index in [4.69, 9.17) is 4.52 Å². The highest BCUT2D eigenvalue weighted by atomic mass is 16.5. The van der Waals surface area contributed by atoms with Gasteiger partial charge in [0, 0.05) is 32.4 Å². The van der Waals surface area contributed by atoms with E-state index in [0.29, 0.717) is 30.6 Å². The molecule has 1 saturated heterocycles. The molecular weight excluding hydrogens is 266 g/mol. The minimum atomic E-state index is 0.0536. The first-order valence-corrected chi connectivity index (χ1v) is 7.26. The highest BCUT2D eigenvalue weighted by molar-refractivity contribution is 5.79. The van der Waals surface area contributed by atoms with Gasteiger partial charge in [-0.05, 0) is 11.5 Å². The molecule has 3 rings (SSSR count). The van der Waals surface area contributed by atoms with Crippen molar-refractivity contribution in [2.75, 3.05) is 13.1 Å². The molecule has 5 nitrogen and oxygen atoms in total. The Labute approximate surface area is 124 Å². The zero-order valence-electron chi connectivity index (χ0n) is 12.3. The summed E-state index contributed by atoms with van der Waals surface area (Å²) in [4.78, 5) is 18.3. The van der Waals surface area contributed by atoms with Crippen LogP contribution in [0, 0.1) is 6.92 Å². The van der Waals surface area contributed by atoms with Gasteiger partial charge in [0.1, 0.15) is 0 Å². The van der Waals surface area contributed by atoms with Gasteiger partial charge in [0.25, 0.3) is 0 Å². The van der Waals surface area contributed by atoms with E-state index in [9.17, 15) is 4.79 Å². The third kappa shape index (κ3) is 2.96. The molecule has 1 amide bonds. The van der Waals surface area contributed by atoms with Crippen LogP contribution in [0.15, 0.2) is 34.9 Å². The number of carbonyl (C=O) groups is 1. The molecule has 0 spiro atoms. The summed E-state index contributed by atoms with van der Waals surface area (Å²) in [6.45, 7) is 5.32. The van der Waals surface area contributed by atoms with Crippen LogP contribution in [0.3, 0.4) is 0 Å². The van der Waals surface area contributed by atoms with Gasteiger partial charge in [0.2, 0.25) is 11.8 Å². The SMILES string of the molecule is Cc1nc(C2CC(=O)N(CC(C)c3ccccc3)C2)no1. The van der Waals surface area contributed by atoms with Crippen molar-refractivity contribution in [1.82, 2.24) is 15.0 Å². The fourth-order valence-electron chi connectivity index (χ4n) is 2.82. The highest BCUT2D eigenvalue weighted by Crippen LogP contribution is 2.28. The Bertz CT molecular complexity index is 623. The summed E-state index contributed by atoms with van der Waals surface area (Å²) in [5.74, 6) is 1.74. The zero-order valence-corrected chi connectivity index (χ0v) is 12.3. The maximum atomic E-state index is 12.2. The third-order valence-electron chi connectivity index (χ3n) is 3.99. The number of nitrogens with zero attached hydrogens (tertiary/aromatic N) is 3. The molecule has 0 bridgehead atoms. The standard InChI is InChI=1S/C16H19N3O2/c1-11(13-6-4-3-5-7-13)9-19-10-14(8-15(19)20)16-17-12(2)21-18-16/h3-7,11,14H,8-10H2,1-2H3. The Hall–Kier alpha value is -2.17. The van der Waals surface area contributed by atoms with Crippen molar-refractivity contribution >= 4 is 5.91 Å². The number of carbonyl (C=O) groups excluding carboxylic acids is 1. The van der Waals surface area contributed by atoms with Crippen LogP contribution in [0.4, 0.5) is 0 Å². The summed E-state index contributed by atoms with van der Waals surface area (Å²) in [7, 11) is 0. The molecule has 5 heteroatoms. The van der Waals surface area contributed by atoms with Crippen molar-refractivity contribution in [1.29, 1.82) is 0 Å². The van der Waals surface area contributed by atoms with Crippen LogP contribution in [-0.2, 0) is 4.79 Å². The highest BCUT2D eigenvalue weighted by Gasteiger charge is 2.34. The lowest BCUT2D eigenvalue weighted by Gasteiger charge is -2.21. The Morgan fingerprint density at radius 1 is 1.38 bits per heavy atom. The van der Waals surface area contributed by atoms with Crippen molar-refractivity contribution in [3.8, 4) is 0 Å². The molecule has 0 radical (unpaired) electrons. The van der Waals surface area contributed by atoms with E-state index in [1.54, 1.807) is 6.92 Å². The molecule has 2 aromatic rings.